The number of para-hydroxylation sites is 2. The average Bonchev–Trinajstić information content (AvgIpc) is 3.44. The lowest BCUT2D eigenvalue weighted by atomic mass is 10.2. The molecule has 140 valence electrons. The van der Waals surface area contributed by atoms with Crippen LogP contribution in [0.5, 0.6) is 0 Å². The number of hydrogen-bond acceptors (Lipinski definition) is 6. The number of thiophene rings is 1. The molecule has 8 nitrogen and oxygen atoms in total. The fourth-order valence-corrected chi connectivity index (χ4v) is 3.60. The Kier molecular flexibility index (Phi) is 4.73. The number of aryl methyl sites for hydroxylation is 1. The van der Waals surface area contributed by atoms with E-state index in [0.29, 0.717) is 21.3 Å². The van der Waals surface area contributed by atoms with E-state index < -0.39 is 0 Å². The van der Waals surface area contributed by atoms with Gasteiger partial charge < -0.3 is 15.1 Å². The van der Waals surface area contributed by atoms with Gasteiger partial charge in [0, 0.05) is 0 Å². The van der Waals surface area contributed by atoms with Crippen LogP contribution in [-0.4, -0.2) is 26.6 Å². The Morgan fingerprint density at radius 3 is 2.71 bits per heavy atom. The molecule has 0 aliphatic heterocycles. The van der Waals surface area contributed by atoms with Gasteiger partial charge in [-0.3, -0.25) is 9.59 Å². The topological polar surface area (TPSA) is 102 Å². The van der Waals surface area contributed by atoms with Crippen LogP contribution in [0.2, 0.25) is 0 Å². The molecule has 0 aliphatic carbocycles. The van der Waals surface area contributed by atoms with Crippen LogP contribution in [0.1, 0.15) is 25.8 Å². The molecule has 0 saturated heterocycles. The summed E-state index contributed by atoms with van der Waals surface area (Å²) in [6, 6.07) is 12.3. The number of amides is 2. The number of nitrogens with one attached hydrogen (secondary N) is 2. The first-order valence-electron chi connectivity index (χ1n) is 8.32. The zero-order valence-corrected chi connectivity index (χ0v) is 15.6. The van der Waals surface area contributed by atoms with Gasteiger partial charge in [-0.15, -0.1) is 11.3 Å². The molecule has 4 aromatic rings. The highest BCUT2D eigenvalue weighted by Gasteiger charge is 2.18. The number of anilines is 2. The van der Waals surface area contributed by atoms with Crippen LogP contribution >= 0.6 is 11.3 Å². The van der Waals surface area contributed by atoms with Gasteiger partial charge in [0.15, 0.2) is 5.76 Å². The first-order valence-corrected chi connectivity index (χ1v) is 9.14. The normalized spacial score (nSPS) is 10.6. The lowest BCUT2D eigenvalue weighted by Gasteiger charge is -2.10. The van der Waals surface area contributed by atoms with Crippen LogP contribution in [0.25, 0.3) is 5.69 Å². The van der Waals surface area contributed by atoms with Crippen molar-refractivity contribution in [3.63, 3.8) is 0 Å². The minimum absolute atomic E-state index is 0.207. The SMILES string of the molecule is Cc1cc(NC(=O)c2ccco2)sc1C(=O)Nc1ccccc1-n1cncn1. The fourth-order valence-electron chi connectivity index (χ4n) is 2.64. The molecule has 0 saturated carbocycles. The van der Waals surface area contributed by atoms with E-state index in [9.17, 15) is 9.59 Å². The molecular weight excluding hydrogens is 378 g/mol. The zero-order chi connectivity index (χ0) is 19.5. The van der Waals surface area contributed by atoms with E-state index in [1.165, 1.54) is 23.9 Å². The lowest BCUT2D eigenvalue weighted by Crippen LogP contribution is -2.13. The van der Waals surface area contributed by atoms with Crippen molar-refractivity contribution in [2.24, 2.45) is 0 Å². The quantitative estimate of drug-likeness (QED) is 0.538. The molecule has 3 heterocycles. The summed E-state index contributed by atoms with van der Waals surface area (Å²) in [5.41, 5.74) is 2.07. The zero-order valence-electron chi connectivity index (χ0n) is 14.7. The number of hydrogen-bond donors (Lipinski definition) is 2. The van der Waals surface area contributed by atoms with E-state index in [2.05, 4.69) is 20.7 Å². The molecule has 0 fully saturated rings. The van der Waals surface area contributed by atoms with E-state index >= 15 is 0 Å². The van der Waals surface area contributed by atoms with Crippen molar-refractivity contribution in [1.82, 2.24) is 14.8 Å². The minimum atomic E-state index is -0.366. The lowest BCUT2D eigenvalue weighted by molar-refractivity contribution is 0.0995. The van der Waals surface area contributed by atoms with Gasteiger partial charge in [-0.1, -0.05) is 12.1 Å². The highest BCUT2D eigenvalue weighted by molar-refractivity contribution is 7.18. The van der Waals surface area contributed by atoms with Gasteiger partial charge in [-0.2, -0.15) is 5.10 Å². The number of benzene rings is 1. The third-order valence-corrected chi connectivity index (χ3v) is 5.07. The third-order valence-electron chi connectivity index (χ3n) is 3.92. The molecule has 0 spiro atoms. The van der Waals surface area contributed by atoms with E-state index in [0.717, 1.165) is 5.56 Å². The van der Waals surface area contributed by atoms with Crippen molar-refractivity contribution in [2.75, 3.05) is 10.6 Å². The standard InChI is InChI=1S/C19H15N5O3S/c1-12-9-16(23-18(25)15-7-4-8-27-15)28-17(12)19(26)22-13-5-2-3-6-14(13)24-11-20-10-21-24/h2-11H,1H3,(H,22,26)(H,23,25). The molecule has 0 aliphatic rings. The number of rotatable bonds is 5. The Balaban J connectivity index is 1.54. The van der Waals surface area contributed by atoms with Crippen molar-refractivity contribution in [2.45, 2.75) is 6.92 Å². The van der Waals surface area contributed by atoms with Gasteiger partial charge in [-0.25, -0.2) is 9.67 Å². The minimum Gasteiger partial charge on any atom is -0.459 e. The predicted octanol–water partition coefficient (Wildman–Crippen LogP) is 3.73. The molecule has 0 radical (unpaired) electrons. The molecule has 2 amide bonds. The summed E-state index contributed by atoms with van der Waals surface area (Å²) in [5, 5.41) is 10.3. The Morgan fingerprint density at radius 2 is 1.96 bits per heavy atom. The van der Waals surface area contributed by atoms with Crippen LogP contribution in [-0.2, 0) is 0 Å². The van der Waals surface area contributed by atoms with Gasteiger partial charge >= 0.3 is 0 Å². The van der Waals surface area contributed by atoms with Crippen LogP contribution in [0.3, 0.4) is 0 Å². The Morgan fingerprint density at radius 1 is 1.11 bits per heavy atom. The van der Waals surface area contributed by atoms with Gasteiger partial charge in [0.2, 0.25) is 0 Å². The van der Waals surface area contributed by atoms with Crippen molar-refractivity contribution in [1.29, 1.82) is 0 Å². The van der Waals surface area contributed by atoms with E-state index in [-0.39, 0.29) is 17.6 Å². The van der Waals surface area contributed by atoms with E-state index in [4.69, 9.17) is 4.42 Å². The summed E-state index contributed by atoms with van der Waals surface area (Å²) < 4.78 is 6.65. The summed E-state index contributed by atoms with van der Waals surface area (Å²) in [5.74, 6) is -0.429. The van der Waals surface area contributed by atoms with Crippen LogP contribution in [0, 0.1) is 6.92 Å². The average molecular weight is 393 g/mol. The third kappa shape index (κ3) is 3.55. The summed E-state index contributed by atoms with van der Waals surface area (Å²) in [7, 11) is 0. The number of carbonyl (C=O) groups excluding carboxylic acids is 2. The maximum Gasteiger partial charge on any atom is 0.291 e. The maximum absolute atomic E-state index is 12.8. The number of furan rings is 1. The molecule has 28 heavy (non-hydrogen) atoms. The van der Waals surface area contributed by atoms with Crippen molar-refractivity contribution < 1.29 is 14.0 Å². The highest BCUT2D eigenvalue weighted by atomic mass is 32.1. The van der Waals surface area contributed by atoms with E-state index in [1.54, 1.807) is 35.3 Å². The molecule has 2 N–H and O–H groups in total. The highest BCUT2D eigenvalue weighted by Crippen LogP contribution is 2.29. The summed E-state index contributed by atoms with van der Waals surface area (Å²) in [6.45, 7) is 1.82. The van der Waals surface area contributed by atoms with Gasteiger partial charge in [-0.05, 0) is 42.8 Å². The van der Waals surface area contributed by atoms with E-state index in [1.807, 2.05) is 25.1 Å². The predicted molar refractivity (Wildman–Crippen MR) is 105 cm³/mol. The Hall–Kier alpha value is -3.72. The number of aromatic nitrogens is 3. The van der Waals surface area contributed by atoms with Crippen LogP contribution in [0.4, 0.5) is 10.7 Å². The summed E-state index contributed by atoms with van der Waals surface area (Å²) >= 11 is 1.20. The second kappa shape index (κ2) is 7.49. The van der Waals surface area contributed by atoms with Gasteiger partial charge in [0.1, 0.15) is 12.7 Å². The Labute approximate surface area is 163 Å². The van der Waals surface area contributed by atoms with Crippen LogP contribution in [0.15, 0.2) is 65.8 Å². The molecule has 0 unspecified atom stereocenters. The van der Waals surface area contributed by atoms with Crippen molar-refractivity contribution in [3.8, 4) is 5.69 Å². The molecule has 9 heteroatoms. The molecule has 0 atom stereocenters. The monoisotopic (exact) mass is 393 g/mol. The largest absolute Gasteiger partial charge is 0.459 e. The molecule has 0 bridgehead atoms. The summed E-state index contributed by atoms with van der Waals surface area (Å²) in [6.07, 6.45) is 4.42. The molecule has 3 aromatic heterocycles. The van der Waals surface area contributed by atoms with Gasteiger partial charge in [0.05, 0.1) is 27.5 Å². The number of nitrogens with zero attached hydrogens (tertiary/aromatic N) is 3. The summed E-state index contributed by atoms with van der Waals surface area (Å²) in [4.78, 5) is 29.4. The smallest absolute Gasteiger partial charge is 0.291 e. The first kappa shape index (κ1) is 17.7. The van der Waals surface area contributed by atoms with Crippen molar-refractivity contribution >= 4 is 33.8 Å². The van der Waals surface area contributed by atoms with Crippen LogP contribution < -0.4 is 10.6 Å². The second-order valence-corrected chi connectivity index (χ2v) is 6.92. The first-order chi connectivity index (χ1) is 13.6. The molecule has 4 rings (SSSR count). The van der Waals surface area contributed by atoms with Gasteiger partial charge in [0.25, 0.3) is 11.8 Å². The fraction of sp³-hybridized carbons (Fsp3) is 0.0526. The molecule has 1 aromatic carbocycles. The molecular formula is C19H15N5O3S. The maximum atomic E-state index is 12.8. The Bertz CT molecular complexity index is 1120. The van der Waals surface area contributed by atoms with Crippen molar-refractivity contribution in [3.05, 3.63) is 77.6 Å². The number of carbonyl (C=O) groups is 2. The second-order valence-electron chi connectivity index (χ2n) is 5.87.